The molecule has 1 fully saturated rings. The SMILES string of the molecule is CCCCCCCCCCCC1N(CC(=O)O)CCN1C(C)O. The van der Waals surface area contributed by atoms with Gasteiger partial charge in [-0.15, -0.1) is 0 Å². The van der Waals surface area contributed by atoms with E-state index in [0.29, 0.717) is 0 Å². The summed E-state index contributed by atoms with van der Waals surface area (Å²) in [6, 6.07) is 0. The van der Waals surface area contributed by atoms with E-state index < -0.39 is 12.2 Å². The van der Waals surface area contributed by atoms with Gasteiger partial charge in [-0.2, -0.15) is 0 Å². The molecular weight excluding hydrogens is 292 g/mol. The number of aliphatic carboxylic acids is 1. The van der Waals surface area contributed by atoms with E-state index in [9.17, 15) is 9.90 Å². The zero-order chi connectivity index (χ0) is 17.1. The summed E-state index contributed by atoms with van der Waals surface area (Å²) in [7, 11) is 0. The Hall–Kier alpha value is -0.650. The van der Waals surface area contributed by atoms with Crippen LogP contribution in [0.5, 0.6) is 0 Å². The molecule has 0 aromatic carbocycles. The largest absolute Gasteiger partial charge is 0.480 e. The predicted molar refractivity (Wildman–Crippen MR) is 93.2 cm³/mol. The van der Waals surface area contributed by atoms with Crippen LogP contribution in [0.2, 0.25) is 0 Å². The van der Waals surface area contributed by atoms with Crippen molar-refractivity contribution in [1.29, 1.82) is 0 Å². The van der Waals surface area contributed by atoms with Crippen molar-refractivity contribution >= 4 is 5.97 Å². The van der Waals surface area contributed by atoms with Crippen molar-refractivity contribution < 1.29 is 15.0 Å². The Morgan fingerprint density at radius 2 is 1.61 bits per heavy atom. The molecule has 0 aromatic heterocycles. The molecule has 1 heterocycles. The lowest BCUT2D eigenvalue weighted by Gasteiger charge is -2.31. The number of rotatable bonds is 13. The molecular formula is C18H36N2O3. The maximum absolute atomic E-state index is 11.0. The molecule has 0 amide bonds. The van der Waals surface area contributed by atoms with E-state index in [1.807, 2.05) is 9.80 Å². The highest BCUT2D eigenvalue weighted by molar-refractivity contribution is 5.69. The molecule has 0 radical (unpaired) electrons. The molecule has 136 valence electrons. The molecule has 1 rings (SSSR count). The van der Waals surface area contributed by atoms with Gasteiger partial charge in [-0.25, -0.2) is 0 Å². The second kappa shape index (κ2) is 11.8. The molecule has 0 aromatic rings. The molecule has 0 saturated carbocycles. The molecule has 0 aliphatic carbocycles. The van der Waals surface area contributed by atoms with Crippen LogP contribution >= 0.6 is 0 Å². The molecule has 23 heavy (non-hydrogen) atoms. The predicted octanol–water partition coefficient (Wildman–Crippen LogP) is 3.27. The van der Waals surface area contributed by atoms with Crippen molar-refractivity contribution in [3.05, 3.63) is 0 Å². The monoisotopic (exact) mass is 328 g/mol. The number of aliphatic hydroxyl groups excluding tert-OH is 1. The third-order valence-corrected chi connectivity index (χ3v) is 4.83. The molecule has 0 spiro atoms. The van der Waals surface area contributed by atoms with Crippen molar-refractivity contribution in [2.24, 2.45) is 0 Å². The Balaban J connectivity index is 2.19. The van der Waals surface area contributed by atoms with Crippen LogP contribution in [-0.4, -0.2) is 58.0 Å². The summed E-state index contributed by atoms with van der Waals surface area (Å²) < 4.78 is 0. The van der Waals surface area contributed by atoms with Gasteiger partial charge >= 0.3 is 5.97 Å². The van der Waals surface area contributed by atoms with Crippen molar-refractivity contribution in [1.82, 2.24) is 9.80 Å². The van der Waals surface area contributed by atoms with Gasteiger partial charge in [0.1, 0.15) is 6.23 Å². The first-order chi connectivity index (χ1) is 11.1. The molecule has 2 atom stereocenters. The van der Waals surface area contributed by atoms with E-state index in [4.69, 9.17) is 5.11 Å². The number of aliphatic hydroxyl groups is 1. The summed E-state index contributed by atoms with van der Waals surface area (Å²) in [6.45, 7) is 5.58. The maximum atomic E-state index is 11.0. The number of carboxylic acids is 1. The summed E-state index contributed by atoms with van der Waals surface area (Å²) in [5, 5.41) is 18.9. The van der Waals surface area contributed by atoms with Gasteiger partial charge in [-0.1, -0.05) is 64.7 Å². The smallest absolute Gasteiger partial charge is 0.317 e. The molecule has 5 nitrogen and oxygen atoms in total. The minimum absolute atomic E-state index is 0.0747. The highest BCUT2D eigenvalue weighted by Crippen LogP contribution is 2.22. The first-order valence-corrected chi connectivity index (χ1v) is 9.46. The number of nitrogens with zero attached hydrogens (tertiary/aromatic N) is 2. The van der Waals surface area contributed by atoms with Crippen molar-refractivity contribution in [3.63, 3.8) is 0 Å². The van der Waals surface area contributed by atoms with Crippen LogP contribution in [0.25, 0.3) is 0 Å². The van der Waals surface area contributed by atoms with Crippen LogP contribution in [0.1, 0.15) is 78.1 Å². The molecule has 1 aliphatic rings. The average Bonchev–Trinajstić information content (AvgIpc) is 2.88. The van der Waals surface area contributed by atoms with Gasteiger partial charge in [-0.3, -0.25) is 14.6 Å². The van der Waals surface area contributed by atoms with Gasteiger partial charge in [0.05, 0.1) is 12.7 Å². The molecule has 1 aliphatic heterocycles. The van der Waals surface area contributed by atoms with E-state index >= 15 is 0 Å². The Labute approximate surface area is 141 Å². The van der Waals surface area contributed by atoms with E-state index in [1.165, 1.54) is 51.4 Å². The fourth-order valence-electron chi connectivity index (χ4n) is 3.53. The minimum atomic E-state index is -0.783. The lowest BCUT2D eigenvalue weighted by atomic mass is 10.1. The molecule has 5 heteroatoms. The molecule has 1 saturated heterocycles. The first-order valence-electron chi connectivity index (χ1n) is 9.46. The highest BCUT2D eigenvalue weighted by Gasteiger charge is 2.34. The van der Waals surface area contributed by atoms with E-state index in [0.717, 1.165) is 25.9 Å². The van der Waals surface area contributed by atoms with Crippen LogP contribution < -0.4 is 0 Å². The van der Waals surface area contributed by atoms with Crippen LogP contribution in [0.3, 0.4) is 0 Å². The number of unbranched alkanes of at least 4 members (excludes halogenated alkanes) is 8. The third-order valence-electron chi connectivity index (χ3n) is 4.83. The van der Waals surface area contributed by atoms with Crippen molar-refractivity contribution in [2.45, 2.75) is 90.4 Å². The average molecular weight is 328 g/mol. The van der Waals surface area contributed by atoms with Gasteiger partial charge < -0.3 is 10.2 Å². The fourth-order valence-corrected chi connectivity index (χ4v) is 3.53. The van der Waals surface area contributed by atoms with E-state index in [1.54, 1.807) is 6.92 Å². The van der Waals surface area contributed by atoms with Crippen molar-refractivity contribution in [2.75, 3.05) is 19.6 Å². The topological polar surface area (TPSA) is 64.0 Å². The third kappa shape index (κ3) is 8.13. The first kappa shape index (κ1) is 20.4. The number of hydrogen-bond acceptors (Lipinski definition) is 4. The fraction of sp³-hybridized carbons (Fsp3) is 0.944. The highest BCUT2D eigenvalue weighted by atomic mass is 16.4. The normalized spacial score (nSPS) is 20.9. The second-order valence-corrected chi connectivity index (χ2v) is 6.83. The van der Waals surface area contributed by atoms with Crippen LogP contribution in [0, 0.1) is 0 Å². The summed E-state index contributed by atoms with van der Waals surface area (Å²) in [5.41, 5.74) is 0. The quantitative estimate of drug-likeness (QED) is 0.508. The Kier molecular flexibility index (Phi) is 10.5. The van der Waals surface area contributed by atoms with Crippen LogP contribution in [0.4, 0.5) is 0 Å². The summed E-state index contributed by atoms with van der Waals surface area (Å²) >= 11 is 0. The Morgan fingerprint density at radius 3 is 2.13 bits per heavy atom. The Bertz CT molecular complexity index is 323. The number of hydrogen-bond donors (Lipinski definition) is 2. The molecule has 2 N–H and O–H groups in total. The maximum Gasteiger partial charge on any atom is 0.317 e. The summed E-state index contributed by atoms with van der Waals surface area (Å²) in [4.78, 5) is 15.0. The number of carboxylic acid groups (broad SMARTS) is 1. The van der Waals surface area contributed by atoms with Gasteiger partial charge in [0.2, 0.25) is 0 Å². The Morgan fingerprint density at radius 1 is 1.04 bits per heavy atom. The van der Waals surface area contributed by atoms with Crippen LogP contribution in [-0.2, 0) is 4.79 Å². The zero-order valence-electron chi connectivity index (χ0n) is 15.0. The van der Waals surface area contributed by atoms with E-state index in [-0.39, 0.29) is 12.7 Å². The second-order valence-electron chi connectivity index (χ2n) is 6.83. The standard InChI is InChI=1S/C18H36N2O3/c1-3-4-5-6-7-8-9-10-11-12-17-19(15-18(22)23)13-14-20(17)16(2)21/h16-17,21H,3-15H2,1-2H3,(H,22,23). The van der Waals surface area contributed by atoms with Gasteiger partial charge in [0.25, 0.3) is 0 Å². The van der Waals surface area contributed by atoms with Gasteiger partial charge in [-0.05, 0) is 13.3 Å². The zero-order valence-corrected chi connectivity index (χ0v) is 15.0. The van der Waals surface area contributed by atoms with Crippen molar-refractivity contribution in [3.8, 4) is 0 Å². The number of carbonyl (C=O) groups is 1. The van der Waals surface area contributed by atoms with Gasteiger partial charge in [0.15, 0.2) is 0 Å². The minimum Gasteiger partial charge on any atom is -0.480 e. The summed E-state index contributed by atoms with van der Waals surface area (Å²) in [5.74, 6) is -0.783. The van der Waals surface area contributed by atoms with Crippen LogP contribution in [0.15, 0.2) is 0 Å². The lowest BCUT2D eigenvalue weighted by Crippen LogP contribution is -2.44. The van der Waals surface area contributed by atoms with Gasteiger partial charge in [0, 0.05) is 13.1 Å². The lowest BCUT2D eigenvalue weighted by molar-refractivity contribution is -0.139. The summed E-state index contributed by atoms with van der Waals surface area (Å²) in [6.07, 6.45) is 12.2. The molecule has 2 unspecified atom stereocenters. The van der Waals surface area contributed by atoms with E-state index in [2.05, 4.69) is 6.92 Å². The molecule has 0 bridgehead atoms.